The number of halogens is 2. The molecule has 0 aromatic heterocycles. The van der Waals surface area contributed by atoms with Crippen LogP contribution in [0.15, 0.2) is 24.3 Å². The molecule has 0 spiro atoms. The monoisotopic (exact) mass is 327 g/mol. The van der Waals surface area contributed by atoms with E-state index in [4.69, 9.17) is 15.6 Å². The minimum absolute atomic E-state index is 0.0775. The van der Waals surface area contributed by atoms with E-state index < -0.39 is 0 Å². The van der Waals surface area contributed by atoms with E-state index in [1.807, 2.05) is 0 Å². The minimum Gasteiger partial charge on any atom is -0.358 e. The van der Waals surface area contributed by atoms with Crippen molar-refractivity contribution in [1.29, 1.82) is 10.8 Å². The number of rotatable bonds is 2. The van der Waals surface area contributed by atoms with E-state index in [9.17, 15) is 4.39 Å². The Morgan fingerprint density at radius 1 is 1.26 bits per heavy atom. The molecule has 1 aliphatic heterocycles. The van der Waals surface area contributed by atoms with E-state index in [0.29, 0.717) is 12.2 Å². The minimum atomic E-state index is -0.342. The van der Waals surface area contributed by atoms with Crippen LogP contribution in [0.2, 0.25) is 0 Å². The first-order valence-electron chi connectivity index (χ1n) is 6.09. The maximum atomic E-state index is 12.9. The lowest BCUT2D eigenvalue weighted by Gasteiger charge is -2.34. The number of hydrogen-bond donors (Lipinski definition) is 2. The molecular formula is C13H15BrFN3O. The summed E-state index contributed by atoms with van der Waals surface area (Å²) in [5.74, 6) is -0.209. The number of hydrogen-bond acceptors (Lipinski definition) is 3. The molecule has 1 heterocycles. The summed E-state index contributed by atoms with van der Waals surface area (Å²) in [5, 5.41) is 15.9. The van der Waals surface area contributed by atoms with Crippen LogP contribution < -0.4 is 0 Å². The smallest absolute Gasteiger partial charge is 0.173 e. The number of nitrogens with zero attached hydrogens (tertiary/aromatic N) is 1. The van der Waals surface area contributed by atoms with Gasteiger partial charge in [0, 0.05) is 12.2 Å². The number of amidine groups is 2. The van der Waals surface area contributed by atoms with Gasteiger partial charge in [0.2, 0.25) is 0 Å². The van der Waals surface area contributed by atoms with Crippen molar-refractivity contribution in [3.05, 3.63) is 35.6 Å². The van der Waals surface area contributed by atoms with Gasteiger partial charge in [-0.3, -0.25) is 15.7 Å². The zero-order valence-corrected chi connectivity index (χ0v) is 11.9. The molecule has 1 atom stereocenters. The predicted molar refractivity (Wildman–Crippen MR) is 75.3 cm³/mol. The summed E-state index contributed by atoms with van der Waals surface area (Å²) in [4.78, 5) is 1.48. The Hall–Kier alpha value is -1.27. The van der Waals surface area contributed by atoms with Crippen molar-refractivity contribution in [2.45, 2.75) is 25.5 Å². The van der Waals surface area contributed by atoms with Gasteiger partial charge in [-0.1, -0.05) is 0 Å². The fourth-order valence-electron chi connectivity index (χ4n) is 2.04. The molecular weight excluding hydrogens is 313 g/mol. The van der Waals surface area contributed by atoms with Crippen molar-refractivity contribution in [1.82, 2.24) is 4.90 Å². The quantitative estimate of drug-likeness (QED) is 0.497. The maximum Gasteiger partial charge on any atom is 0.173 e. The molecule has 0 radical (unpaired) electrons. The van der Waals surface area contributed by atoms with Crippen molar-refractivity contribution in [2.24, 2.45) is 0 Å². The van der Waals surface area contributed by atoms with Crippen molar-refractivity contribution >= 4 is 26.5 Å². The van der Waals surface area contributed by atoms with E-state index in [-0.39, 0.29) is 22.6 Å². The molecule has 0 aliphatic carbocycles. The number of benzene rings is 1. The molecule has 6 heteroatoms. The summed E-state index contributed by atoms with van der Waals surface area (Å²) in [7, 11) is 0. The molecule has 4 nitrogen and oxygen atoms in total. The number of ether oxygens (including phenoxy) is 1. The Bertz CT molecular complexity index is 471. The Kier molecular flexibility index (Phi) is 4.66. The van der Waals surface area contributed by atoms with Gasteiger partial charge in [-0.25, -0.2) is 4.39 Å². The van der Waals surface area contributed by atoms with Gasteiger partial charge in [0.1, 0.15) is 17.9 Å². The van der Waals surface area contributed by atoms with Gasteiger partial charge in [-0.05, 0) is 59.5 Å². The second-order valence-corrected chi connectivity index (χ2v) is 5.09. The highest BCUT2D eigenvalue weighted by molar-refractivity contribution is 9.18. The first kappa shape index (κ1) is 14.1. The Balaban J connectivity index is 2.20. The third-order valence-electron chi connectivity index (χ3n) is 3.01. The van der Waals surface area contributed by atoms with Crippen LogP contribution in [0.4, 0.5) is 4.39 Å². The van der Waals surface area contributed by atoms with Crippen molar-refractivity contribution in [3.8, 4) is 0 Å². The first-order chi connectivity index (χ1) is 9.09. The lowest BCUT2D eigenvalue weighted by atomic mass is 10.1. The van der Waals surface area contributed by atoms with Crippen molar-refractivity contribution < 1.29 is 9.13 Å². The van der Waals surface area contributed by atoms with Crippen LogP contribution in [-0.4, -0.2) is 28.3 Å². The van der Waals surface area contributed by atoms with Crippen LogP contribution in [0.3, 0.4) is 0 Å². The Labute approximate surface area is 119 Å². The van der Waals surface area contributed by atoms with Gasteiger partial charge in [0.25, 0.3) is 0 Å². The fraction of sp³-hybridized carbons (Fsp3) is 0.385. The topological polar surface area (TPSA) is 60.2 Å². The van der Waals surface area contributed by atoms with Crippen LogP contribution in [0.1, 0.15) is 24.8 Å². The largest absolute Gasteiger partial charge is 0.358 e. The highest BCUT2D eigenvalue weighted by Crippen LogP contribution is 2.21. The molecule has 2 N–H and O–H groups in total. The second-order valence-electron chi connectivity index (χ2n) is 4.34. The number of nitrogens with one attached hydrogen (secondary N) is 2. The standard InChI is InChI=1S/C13H15BrFN3O/c14-13(17)18(11-3-1-2-8-19-11)12(16)9-4-6-10(15)7-5-9/h4-7,11,16-17H,1-3,8H2. The SMILES string of the molecule is N=C(Br)N(C(=N)c1ccc(F)cc1)C1CCCCO1. The van der Waals surface area contributed by atoms with E-state index in [1.165, 1.54) is 29.2 Å². The van der Waals surface area contributed by atoms with Crippen LogP contribution in [0.5, 0.6) is 0 Å². The zero-order chi connectivity index (χ0) is 13.8. The summed E-state index contributed by atoms with van der Waals surface area (Å²) < 4.78 is 18.6. The third kappa shape index (κ3) is 3.39. The molecule has 0 bridgehead atoms. The Morgan fingerprint density at radius 2 is 1.95 bits per heavy atom. The Morgan fingerprint density at radius 3 is 2.47 bits per heavy atom. The average Bonchev–Trinajstić information content (AvgIpc) is 2.40. The van der Waals surface area contributed by atoms with Crippen LogP contribution >= 0.6 is 15.9 Å². The van der Waals surface area contributed by atoms with Gasteiger partial charge in [0.05, 0.1) is 0 Å². The third-order valence-corrected chi connectivity index (χ3v) is 3.40. The summed E-state index contributed by atoms with van der Waals surface area (Å²) in [5.41, 5.74) is 0.555. The molecule has 1 unspecified atom stereocenters. The highest BCUT2D eigenvalue weighted by Gasteiger charge is 2.27. The molecule has 102 valence electrons. The van der Waals surface area contributed by atoms with Gasteiger partial charge in [0.15, 0.2) is 4.74 Å². The molecule has 2 rings (SSSR count). The maximum absolute atomic E-state index is 12.9. The molecule has 1 saturated heterocycles. The molecule has 0 amide bonds. The van der Waals surface area contributed by atoms with E-state index in [1.54, 1.807) is 0 Å². The van der Waals surface area contributed by atoms with E-state index in [2.05, 4.69) is 15.9 Å². The summed E-state index contributed by atoms with van der Waals surface area (Å²) in [6.45, 7) is 0.637. The lowest BCUT2D eigenvalue weighted by Crippen LogP contribution is -2.45. The zero-order valence-electron chi connectivity index (χ0n) is 10.3. The molecule has 19 heavy (non-hydrogen) atoms. The van der Waals surface area contributed by atoms with Crippen LogP contribution in [-0.2, 0) is 4.74 Å². The van der Waals surface area contributed by atoms with Gasteiger partial charge in [-0.15, -0.1) is 0 Å². The summed E-state index contributed by atoms with van der Waals surface area (Å²) in [6, 6.07) is 5.68. The normalized spacial score (nSPS) is 18.9. The first-order valence-corrected chi connectivity index (χ1v) is 6.88. The van der Waals surface area contributed by atoms with Crippen molar-refractivity contribution in [2.75, 3.05) is 6.61 Å². The van der Waals surface area contributed by atoms with E-state index in [0.717, 1.165) is 19.3 Å². The van der Waals surface area contributed by atoms with E-state index >= 15 is 0 Å². The fourth-order valence-corrected chi connectivity index (χ4v) is 2.45. The van der Waals surface area contributed by atoms with Crippen molar-refractivity contribution in [3.63, 3.8) is 0 Å². The summed E-state index contributed by atoms with van der Waals surface area (Å²) >= 11 is 3.10. The molecule has 1 aliphatic rings. The lowest BCUT2D eigenvalue weighted by molar-refractivity contribution is -0.0317. The average molecular weight is 328 g/mol. The van der Waals surface area contributed by atoms with Crippen LogP contribution in [0, 0.1) is 16.6 Å². The van der Waals surface area contributed by atoms with Gasteiger partial charge in [-0.2, -0.15) is 0 Å². The van der Waals surface area contributed by atoms with Gasteiger partial charge >= 0.3 is 0 Å². The predicted octanol–water partition coefficient (Wildman–Crippen LogP) is 3.31. The van der Waals surface area contributed by atoms with Gasteiger partial charge < -0.3 is 4.74 Å². The van der Waals surface area contributed by atoms with Crippen LogP contribution in [0.25, 0.3) is 0 Å². The molecule has 1 fully saturated rings. The molecule has 1 aromatic carbocycles. The highest BCUT2D eigenvalue weighted by atomic mass is 79.9. The summed E-state index contributed by atoms with van der Waals surface area (Å²) in [6.07, 6.45) is 2.48. The molecule has 0 saturated carbocycles. The second kappa shape index (κ2) is 6.25. The molecule has 1 aromatic rings.